The molecule has 21 heavy (non-hydrogen) atoms. The third-order valence-electron chi connectivity index (χ3n) is 3.90. The average Bonchev–Trinajstić information content (AvgIpc) is 2.48. The van der Waals surface area contributed by atoms with Crippen molar-refractivity contribution in [2.75, 3.05) is 26.2 Å². The Morgan fingerprint density at radius 3 is 2.38 bits per heavy atom. The Kier molecular flexibility index (Phi) is 6.41. The van der Waals surface area contributed by atoms with E-state index in [-0.39, 0.29) is 29.6 Å². The van der Waals surface area contributed by atoms with Gasteiger partial charge in [0.15, 0.2) is 0 Å². The van der Waals surface area contributed by atoms with Gasteiger partial charge in [0.25, 0.3) is 0 Å². The molecule has 104 valence electrons. The Labute approximate surface area is 159 Å². The van der Waals surface area contributed by atoms with Crippen LogP contribution in [0, 0.1) is 0 Å². The fourth-order valence-corrected chi connectivity index (χ4v) is 3.12. The Morgan fingerprint density at radius 2 is 1.67 bits per heavy atom. The molecule has 0 bridgehead atoms. The van der Waals surface area contributed by atoms with Crippen LogP contribution in [0.5, 0.6) is 0 Å². The predicted octanol–water partition coefficient (Wildman–Crippen LogP) is -0.207. The summed E-state index contributed by atoms with van der Waals surface area (Å²) in [7, 11) is 0. The monoisotopic (exact) mass is 324 g/mol. The second-order valence-corrected chi connectivity index (χ2v) is 6.20. The zero-order valence-electron chi connectivity index (χ0n) is 12.3. The van der Waals surface area contributed by atoms with Gasteiger partial charge in [0.05, 0.1) is 0 Å². The van der Waals surface area contributed by atoms with Gasteiger partial charge in [-0.3, -0.25) is 4.90 Å². The van der Waals surface area contributed by atoms with Gasteiger partial charge in [0.1, 0.15) is 0 Å². The molecule has 1 fully saturated rings. The van der Waals surface area contributed by atoms with Crippen molar-refractivity contribution in [1.29, 1.82) is 0 Å². The van der Waals surface area contributed by atoms with Crippen molar-refractivity contribution in [2.24, 2.45) is 0 Å². The summed E-state index contributed by atoms with van der Waals surface area (Å²) in [6.45, 7) is 4.96. The first-order valence-corrected chi connectivity index (χ1v) is 7.70. The first-order chi connectivity index (χ1) is 9.74. The van der Waals surface area contributed by atoms with Crippen molar-refractivity contribution in [3.8, 4) is 0 Å². The molecule has 2 aromatic rings. The van der Waals surface area contributed by atoms with Gasteiger partial charge in [-0.1, -0.05) is 46.8 Å². The quantitative estimate of drug-likeness (QED) is 0.428. The van der Waals surface area contributed by atoms with Crippen LogP contribution in [-0.2, 0) is 19.2 Å². The summed E-state index contributed by atoms with van der Waals surface area (Å²) in [6, 6.07) is 15.1. The molecule has 0 radical (unpaired) electrons. The summed E-state index contributed by atoms with van der Waals surface area (Å²) in [6.07, 6.45) is 0. The fraction of sp³-hybridized carbons (Fsp3) is 0.312. The van der Waals surface area contributed by atoms with Crippen molar-refractivity contribution < 1.29 is 29.6 Å². The maximum absolute atomic E-state index is 5.07. The zero-order valence-corrected chi connectivity index (χ0v) is 15.9. The molecule has 1 heterocycles. The maximum Gasteiger partial charge on any atom is 1.00 e. The molecule has 0 amide bonds. The van der Waals surface area contributed by atoms with E-state index in [1.807, 2.05) is 0 Å². The number of benzene rings is 2. The molecule has 1 aliphatic rings. The summed E-state index contributed by atoms with van der Waals surface area (Å²) in [5.74, 6) is 0. The Morgan fingerprint density at radius 1 is 1.00 bits per heavy atom. The molecule has 1 aliphatic heterocycles. The third-order valence-corrected chi connectivity index (χ3v) is 4.42. The smallest absolute Gasteiger partial charge is 0.411 e. The van der Waals surface area contributed by atoms with Crippen LogP contribution in [-0.4, -0.2) is 40.3 Å². The van der Waals surface area contributed by atoms with Gasteiger partial charge in [-0.2, -0.15) is 0 Å². The van der Waals surface area contributed by atoms with E-state index in [0.29, 0.717) is 4.32 Å². The molecule has 0 saturated carbocycles. The molecule has 0 aromatic heterocycles. The molecule has 0 spiro atoms. The van der Waals surface area contributed by atoms with E-state index in [2.05, 4.69) is 52.3 Å². The van der Waals surface area contributed by atoms with Crippen LogP contribution < -0.4 is 29.6 Å². The summed E-state index contributed by atoms with van der Waals surface area (Å²) in [5.41, 5.74) is 1.40. The van der Waals surface area contributed by atoms with E-state index < -0.39 is 0 Å². The molecule has 2 nitrogen and oxygen atoms in total. The summed E-state index contributed by atoms with van der Waals surface area (Å²) in [4.78, 5) is 4.59. The van der Waals surface area contributed by atoms with Crippen LogP contribution in [0.15, 0.2) is 42.5 Å². The molecular formula is C16H17N2NaS2. The molecule has 5 heteroatoms. The number of piperazine rings is 1. The number of nitrogens with zero attached hydrogens (tertiary/aromatic N) is 2. The average molecular weight is 324 g/mol. The van der Waals surface area contributed by atoms with E-state index in [1.54, 1.807) is 0 Å². The van der Waals surface area contributed by atoms with Gasteiger partial charge in [-0.25, -0.2) is 0 Å². The number of fused-ring (bicyclic) bond motifs is 1. The van der Waals surface area contributed by atoms with E-state index in [9.17, 15) is 0 Å². The van der Waals surface area contributed by atoms with Gasteiger partial charge in [0, 0.05) is 32.7 Å². The van der Waals surface area contributed by atoms with Gasteiger partial charge in [-0.05, 0) is 16.3 Å². The van der Waals surface area contributed by atoms with Gasteiger partial charge in [0.2, 0.25) is 0 Å². The third kappa shape index (κ3) is 4.15. The van der Waals surface area contributed by atoms with Crippen molar-refractivity contribution in [1.82, 2.24) is 9.80 Å². The molecule has 0 unspecified atom stereocenters. The molecule has 1 saturated heterocycles. The second kappa shape index (κ2) is 7.86. The standard InChI is InChI=1S/C16H18N2S2.Na/c19-16(20)18-10-8-17(9-11-18)12-14-6-3-5-13-4-1-2-7-15(13)14;/h1-7H,8-12H2,(H,19,20);/q;+1/p-1. The first kappa shape index (κ1) is 17.1. The minimum absolute atomic E-state index is 0. The van der Waals surface area contributed by atoms with Crippen molar-refractivity contribution in [2.45, 2.75) is 6.54 Å². The van der Waals surface area contributed by atoms with Crippen molar-refractivity contribution in [3.63, 3.8) is 0 Å². The number of hydrogen-bond acceptors (Lipinski definition) is 3. The van der Waals surface area contributed by atoms with Crippen LogP contribution >= 0.6 is 12.2 Å². The van der Waals surface area contributed by atoms with E-state index in [1.165, 1.54) is 16.3 Å². The normalized spacial score (nSPS) is 15.7. The number of rotatable bonds is 2. The van der Waals surface area contributed by atoms with Crippen molar-refractivity contribution in [3.05, 3.63) is 48.0 Å². The van der Waals surface area contributed by atoms with E-state index in [4.69, 9.17) is 24.8 Å². The van der Waals surface area contributed by atoms with Crippen molar-refractivity contribution >= 4 is 39.9 Å². The number of thiocarbonyl (C=S) groups is 1. The predicted molar refractivity (Wildman–Crippen MR) is 90.8 cm³/mol. The summed E-state index contributed by atoms with van der Waals surface area (Å²) >= 11 is 10.1. The van der Waals surface area contributed by atoms with Gasteiger partial charge in [-0.15, -0.1) is 0 Å². The first-order valence-electron chi connectivity index (χ1n) is 6.89. The minimum Gasteiger partial charge on any atom is -0.411 e. The molecule has 2 aromatic carbocycles. The van der Waals surface area contributed by atoms with Gasteiger partial charge < -0.3 is 29.7 Å². The molecule has 3 rings (SSSR count). The van der Waals surface area contributed by atoms with Crippen LogP contribution in [0.1, 0.15) is 5.56 Å². The van der Waals surface area contributed by atoms with Crippen LogP contribution in [0.3, 0.4) is 0 Å². The summed E-state index contributed by atoms with van der Waals surface area (Å²) in [5, 5.41) is 2.67. The molecule has 0 aliphatic carbocycles. The largest absolute Gasteiger partial charge is 1.00 e. The molecule has 0 atom stereocenters. The molecule has 0 N–H and O–H groups in total. The van der Waals surface area contributed by atoms with E-state index in [0.717, 1.165) is 32.7 Å². The molecular weight excluding hydrogens is 307 g/mol. The van der Waals surface area contributed by atoms with Crippen LogP contribution in [0.2, 0.25) is 0 Å². The minimum atomic E-state index is 0. The SMILES string of the molecule is S=C([S-])N1CCN(Cc2cccc3ccccc23)CC1.[Na+]. The second-order valence-electron chi connectivity index (χ2n) is 5.17. The Balaban J connectivity index is 0.00000161. The number of hydrogen-bond donors (Lipinski definition) is 0. The Hall–Kier alpha value is -0.230. The zero-order chi connectivity index (χ0) is 13.9. The summed E-state index contributed by atoms with van der Waals surface area (Å²) < 4.78 is 0.606. The maximum atomic E-state index is 5.07. The Bertz CT molecular complexity index is 619. The van der Waals surface area contributed by atoms with E-state index >= 15 is 0 Å². The van der Waals surface area contributed by atoms with Gasteiger partial charge >= 0.3 is 29.6 Å². The van der Waals surface area contributed by atoms with Crippen LogP contribution in [0.25, 0.3) is 10.8 Å². The topological polar surface area (TPSA) is 6.48 Å². The fourth-order valence-electron chi connectivity index (χ4n) is 2.76. The van der Waals surface area contributed by atoms with Crippen LogP contribution in [0.4, 0.5) is 0 Å².